The fourth-order valence-corrected chi connectivity index (χ4v) is 5.15. The zero-order valence-electron chi connectivity index (χ0n) is 16.6. The van der Waals surface area contributed by atoms with Gasteiger partial charge in [-0.15, -0.1) is 0 Å². The van der Waals surface area contributed by atoms with Crippen molar-refractivity contribution in [3.63, 3.8) is 0 Å². The molecule has 2 aromatic carbocycles. The summed E-state index contributed by atoms with van der Waals surface area (Å²) in [4.78, 5) is 14.9. The topological polar surface area (TPSA) is 32.3 Å². The van der Waals surface area contributed by atoms with Crippen LogP contribution in [0, 0.1) is 0 Å². The highest BCUT2D eigenvalue weighted by Crippen LogP contribution is 2.27. The van der Waals surface area contributed by atoms with Crippen LogP contribution in [0.15, 0.2) is 54.6 Å². The van der Waals surface area contributed by atoms with Crippen LogP contribution in [0.3, 0.4) is 0 Å². The SMILES string of the molecule is CC1CCCC(C)N1C(=S)SCC(=O)Nc1ccccc1Cc1ccccc1. The third kappa shape index (κ3) is 5.58. The van der Waals surface area contributed by atoms with Crippen molar-refractivity contribution in [1.82, 2.24) is 4.90 Å². The average Bonchev–Trinajstić information content (AvgIpc) is 2.68. The van der Waals surface area contributed by atoms with Crippen LogP contribution in [0.4, 0.5) is 5.69 Å². The van der Waals surface area contributed by atoms with E-state index in [4.69, 9.17) is 12.2 Å². The van der Waals surface area contributed by atoms with Crippen molar-refractivity contribution in [2.75, 3.05) is 11.1 Å². The van der Waals surface area contributed by atoms with Gasteiger partial charge in [-0.1, -0.05) is 72.5 Å². The zero-order chi connectivity index (χ0) is 19.9. The normalized spacial score (nSPS) is 19.3. The number of nitrogens with one attached hydrogen (secondary N) is 1. The van der Waals surface area contributed by atoms with Crippen molar-refractivity contribution in [2.45, 2.75) is 51.6 Å². The molecule has 1 fully saturated rings. The Morgan fingerprint density at radius 3 is 2.43 bits per heavy atom. The number of likely N-dealkylation sites (tertiary alicyclic amines) is 1. The molecule has 1 heterocycles. The molecule has 3 rings (SSSR count). The number of anilines is 1. The molecule has 0 radical (unpaired) electrons. The Hall–Kier alpha value is -1.85. The summed E-state index contributed by atoms with van der Waals surface area (Å²) < 4.78 is 0.840. The Bertz CT molecular complexity index is 799. The second-order valence-electron chi connectivity index (χ2n) is 7.46. The Balaban J connectivity index is 1.57. The number of amides is 1. The minimum atomic E-state index is -0.00910. The molecule has 148 valence electrons. The molecule has 1 amide bonds. The first-order chi connectivity index (χ1) is 13.5. The van der Waals surface area contributed by atoms with Crippen LogP contribution in [0.2, 0.25) is 0 Å². The monoisotopic (exact) mass is 412 g/mol. The first-order valence-electron chi connectivity index (χ1n) is 9.91. The Morgan fingerprint density at radius 1 is 1.07 bits per heavy atom. The number of hydrogen-bond acceptors (Lipinski definition) is 3. The van der Waals surface area contributed by atoms with E-state index in [1.54, 1.807) is 0 Å². The number of hydrogen-bond donors (Lipinski definition) is 1. The second kappa shape index (κ2) is 10.1. The first-order valence-corrected chi connectivity index (χ1v) is 11.3. The van der Waals surface area contributed by atoms with Gasteiger partial charge >= 0.3 is 0 Å². The maximum atomic E-state index is 12.6. The molecule has 1 aliphatic rings. The van der Waals surface area contributed by atoms with E-state index in [1.165, 1.54) is 36.6 Å². The molecule has 0 bridgehead atoms. The lowest BCUT2D eigenvalue weighted by Crippen LogP contribution is -2.45. The van der Waals surface area contributed by atoms with E-state index in [2.05, 4.69) is 42.3 Å². The summed E-state index contributed by atoms with van der Waals surface area (Å²) in [5, 5.41) is 3.07. The molecule has 1 N–H and O–H groups in total. The van der Waals surface area contributed by atoms with Gasteiger partial charge in [-0.05, 0) is 56.7 Å². The van der Waals surface area contributed by atoms with Gasteiger partial charge < -0.3 is 10.2 Å². The summed E-state index contributed by atoms with van der Waals surface area (Å²) in [7, 11) is 0. The van der Waals surface area contributed by atoms with E-state index in [0.29, 0.717) is 17.8 Å². The predicted octanol–water partition coefficient (Wildman–Crippen LogP) is 5.50. The number of carbonyl (C=O) groups is 1. The molecular formula is C23H28N2OS2. The lowest BCUT2D eigenvalue weighted by molar-refractivity contribution is -0.113. The van der Waals surface area contributed by atoms with Gasteiger partial charge in [0.2, 0.25) is 5.91 Å². The molecule has 1 aliphatic heterocycles. The fourth-order valence-electron chi connectivity index (χ4n) is 3.78. The maximum absolute atomic E-state index is 12.6. The highest BCUT2D eigenvalue weighted by atomic mass is 32.2. The third-order valence-corrected chi connectivity index (χ3v) is 6.69. The fraction of sp³-hybridized carbons (Fsp3) is 0.391. The summed E-state index contributed by atoms with van der Waals surface area (Å²) in [5.74, 6) is 0.333. The number of piperidine rings is 1. The van der Waals surface area contributed by atoms with E-state index in [9.17, 15) is 4.79 Å². The Labute approximate surface area is 177 Å². The van der Waals surface area contributed by atoms with E-state index >= 15 is 0 Å². The molecule has 5 heteroatoms. The molecule has 1 saturated heterocycles. The molecule has 3 nitrogen and oxygen atoms in total. The van der Waals surface area contributed by atoms with Crippen LogP contribution in [0.1, 0.15) is 44.2 Å². The van der Waals surface area contributed by atoms with Crippen LogP contribution in [0.25, 0.3) is 0 Å². The van der Waals surface area contributed by atoms with Gasteiger partial charge in [-0.3, -0.25) is 4.79 Å². The van der Waals surface area contributed by atoms with Gasteiger partial charge in [-0.25, -0.2) is 0 Å². The molecule has 28 heavy (non-hydrogen) atoms. The summed E-state index contributed by atoms with van der Waals surface area (Å²) >= 11 is 7.11. The van der Waals surface area contributed by atoms with Gasteiger partial charge in [0.05, 0.1) is 5.75 Å². The van der Waals surface area contributed by atoms with Crippen LogP contribution in [-0.4, -0.2) is 33.0 Å². The Kier molecular flexibility index (Phi) is 7.51. The zero-order valence-corrected chi connectivity index (χ0v) is 18.2. The minimum absolute atomic E-state index is 0.00910. The summed E-state index contributed by atoms with van der Waals surface area (Å²) in [6.45, 7) is 4.45. The van der Waals surface area contributed by atoms with E-state index < -0.39 is 0 Å². The highest BCUT2D eigenvalue weighted by molar-refractivity contribution is 8.23. The van der Waals surface area contributed by atoms with E-state index in [-0.39, 0.29) is 5.91 Å². The molecule has 0 aromatic heterocycles. The minimum Gasteiger partial charge on any atom is -0.352 e. The lowest BCUT2D eigenvalue weighted by Gasteiger charge is -2.40. The van der Waals surface area contributed by atoms with Crippen LogP contribution >= 0.6 is 24.0 Å². The van der Waals surface area contributed by atoms with Gasteiger partial charge in [-0.2, -0.15) is 0 Å². The number of benzene rings is 2. The van der Waals surface area contributed by atoms with Crippen molar-refractivity contribution in [3.05, 3.63) is 65.7 Å². The smallest absolute Gasteiger partial charge is 0.234 e. The van der Waals surface area contributed by atoms with Crippen molar-refractivity contribution in [2.24, 2.45) is 0 Å². The van der Waals surface area contributed by atoms with Gasteiger partial charge in [0.1, 0.15) is 4.32 Å². The number of thiocarbonyl (C=S) groups is 1. The number of rotatable bonds is 5. The largest absolute Gasteiger partial charge is 0.352 e. The Morgan fingerprint density at radius 2 is 1.71 bits per heavy atom. The summed E-state index contributed by atoms with van der Waals surface area (Å²) in [6.07, 6.45) is 4.39. The maximum Gasteiger partial charge on any atom is 0.234 e. The van der Waals surface area contributed by atoms with Crippen molar-refractivity contribution < 1.29 is 4.79 Å². The number of para-hydroxylation sites is 1. The molecule has 2 unspecified atom stereocenters. The van der Waals surface area contributed by atoms with Crippen LogP contribution in [0.5, 0.6) is 0 Å². The lowest BCUT2D eigenvalue weighted by atomic mass is 9.99. The second-order valence-corrected chi connectivity index (χ2v) is 9.07. The first kappa shape index (κ1) is 20.9. The van der Waals surface area contributed by atoms with Crippen molar-refractivity contribution >= 4 is 39.9 Å². The predicted molar refractivity (Wildman–Crippen MR) is 124 cm³/mol. The van der Waals surface area contributed by atoms with E-state index in [1.807, 2.05) is 36.4 Å². The quantitative estimate of drug-likeness (QED) is 0.658. The highest BCUT2D eigenvalue weighted by Gasteiger charge is 2.27. The molecule has 0 saturated carbocycles. The number of nitrogens with zero attached hydrogens (tertiary/aromatic N) is 1. The summed E-state index contributed by atoms with van der Waals surface area (Å²) in [5.41, 5.74) is 3.23. The molecular weight excluding hydrogens is 384 g/mol. The molecule has 0 aliphatic carbocycles. The third-order valence-electron chi connectivity index (χ3n) is 5.26. The summed E-state index contributed by atoms with van der Waals surface area (Å²) in [6, 6.07) is 19.2. The van der Waals surface area contributed by atoms with Gasteiger partial charge in [0.15, 0.2) is 0 Å². The number of carbonyl (C=O) groups excluding carboxylic acids is 1. The van der Waals surface area contributed by atoms with Crippen molar-refractivity contribution in [3.8, 4) is 0 Å². The van der Waals surface area contributed by atoms with Crippen LogP contribution in [-0.2, 0) is 11.2 Å². The number of thioether (sulfide) groups is 1. The molecule has 2 aromatic rings. The molecule has 0 spiro atoms. The standard InChI is InChI=1S/C23H28N2OS2/c1-17-9-8-10-18(2)25(17)23(27)28-16-22(26)24-21-14-7-6-13-20(21)15-19-11-4-3-5-12-19/h3-7,11-14,17-18H,8-10,15-16H2,1-2H3,(H,24,26). The van der Waals surface area contributed by atoms with Gasteiger partial charge in [0.25, 0.3) is 0 Å². The van der Waals surface area contributed by atoms with E-state index in [0.717, 1.165) is 22.0 Å². The molecule has 2 atom stereocenters. The van der Waals surface area contributed by atoms with Crippen LogP contribution < -0.4 is 5.32 Å². The van der Waals surface area contributed by atoms with Crippen molar-refractivity contribution in [1.29, 1.82) is 0 Å². The average molecular weight is 413 g/mol. The van der Waals surface area contributed by atoms with Gasteiger partial charge in [0, 0.05) is 17.8 Å².